The molecule has 6 heteroatoms. The van der Waals surface area contributed by atoms with E-state index in [1.54, 1.807) is 12.1 Å². The van der Waals surface area contributed by atoms with Crippen LogP contribution in [0.3, 0.4) is 0 Å². The quantitative estimate of drug-likeness (QED) is 0.353. The summed E-state index contributed by atoms with van der Waals surface area (Å²) in [5, 5.41) is 21.3. The molecule has 0 aromatic heterocycles. The zero-order valence-electron chi connectivity index (χ0n) is 17.8. The molecule has 1 aliphatic rings. The standard InChI is InChI=1S/C23H33NO4S/c1-16(2)19-11-10-17(3)13-20(19)23-21(25)14-18(15-22(23)26)9-7-5-6-8-12-24-29(4,27)28/h10,14-16,19-20,24-26H,6,8-9,11-13H2,1-4H3/t19-,20+/m0/s1. The molecule has 0 spiro atoms. The highest BCUT2D eigenvalue weighted by atomic mass is 32.2. The molecule has 1 aromatic rings. The lowest BCUT2D eigenvalue weighted by atomic mass is 9.70. The Labute approximate surface area is 175 Å². The summed E-state index contributed by atoms with van der Waals surface area (Å²) in [5.41, 5.74) is 2.72. The van der Waals surface area contributed by atoms with E-state index >= 15 is 0 Å². The van der Waals surface area contributed by atoms with Crippen molar-refractivity contribution >= 4 is 10.0 Å². The van der Waals surface area contributed by atoms with Gasteiger partial charge in [-0.25, -0.2) is 13.1 Å². The third-order valence-electron chi connectivity index (χ3n) is 5.48. The maximum absolute atomic E-state index is 11.0. The predicted octanol–water partition coefficient (Wildman–Crippen LogP) is 4.07. The van der Waals surface area contributed by atoms with Crippen LogP contribution in [0.15, 0.2) is 23.8 Å². The topological polar surface area (TPSA) is 86.6 Å². The van der Waals surface area contributed by atoms with Gasteiger partial charge in [-0.1, -0.05) is 31.4 Å². The summed E-state index contributed by atoms with van der Waals surface area (Å²) in [5.74, 6) is 7.29. The van der Waals surface area contributed by atoms with Crippen LogP contribution in [0, 0.1) is 23.7 Å². The molecule has 0 amide bonds. The SMILES string of the molecule is CC1=CC[C@@H](C(C)C)[C@H](c2c(O)cc(CC#CCCCNS(C)(=O)=O)cc2O)C1. The van der Waals surface area contributed by atoms with E-state index in [4.69, 9.17) is 0 Å². The van der Waals surface area contributed by atoms with E-state index in [2.05, 4.69) is 43.4 Å². The zero-order valence-corrected chi connectivity index (χ0v) is 18.6. The molecule has 2 atom stereocenters. The van der Waals surface area contributed by atoms with E-state index in [0.717, 1.165) is 24.7 Å². The van der Waals surface area contributed by atoms with E-state index in [-0.39, 0.29) is 17.4 Å². The van der Waals surface area contributed by atoms with Crippen molar-refractivity contribution in [2.45, 2.75) is 58.8 Å². The largest absolute Gasteiger partial charge is 0.508 e. The first kappa shape index (κ1) is 23.3. The molecular weight excluding hydrogens is 386 g/mol. The van der Waals surface area contributed by atoms with E-state index in [1.807, 2.05) is 0 Å². The summed E-state index contributed by atoms with van der Waals surface area (Å²) in [6.07, 6.45) is 6.88. The Hall–Kier alpha value is -1.97. The van der Waals surface area contributed by atoms with Gasteiger partial charge in [-0.2, -0.15) is 0 Å². The van der Waals surface area contributed by atoms with Gasteiger partial charge in [-0.3, -0.25) is 0 Å². The highest BCUT2D eigenvalue weighted by Gasteiger charge is 2.32. The van der Waals surface area contributed by atoms with Crippen LogP contribution in [0.4, 0.5) is 0 Å². The fourth-order valence-electron chi connectivity index (χ4n) is 3.98. The first-order valence-corrected chi connectivity index (χ1v) is 12.1. The first-order valence-electron chi connectivity index (χ1n) is 10.2. The van der Waals surface area contributed by atoms with Crippen LogP contribution in [-0.2, 0) is 16.4 Å². The maximum Gasteiger partial charge on any atom is 0.208 e. The van der Waals surface area contributed by atoms with E-state index in [0.29, 0.717) is 43.2 Å². The molecule has 0 heterocycles. The first-order chi connectivity index (χ1) is 13.6. The minimum Gasteiger partial charge on any atom is -0.508 e. The van der Waals surface area contributed by atoms with Crippen LogP contribution in [0.5, 0.6) is 11.5 Å². The number of phenols is 2. The highest BCUT2D eigenvalue weighted by Crippen LogP contribution is 2.47. The van der Waals surface area contributed by atoms with Crippen molar-refractivity contribution < 1.29 is 18.6 Å². The maximum atomic E-state index is 11.0. The Morgan fingerprint density at radius 3 is 2.45 bits per heavy atom. The molecule has 160 valence electrons. The number of benzene rings is 1. The van der Waals surface area contributed by atoms with Gasteiger partial charge in [-0.15, -0.1) is 5.92 Å². The highest BCUT2D eigenvalue weighted by molar-refractivity contribution is 7.88. The van der Waals surface area contributed by atoms with Gasteiger partial charge in [0.15, 0.2) is 0 Å². The van der Waals surface area contributed by atoms with Crippen molar-refractivity contribution in [3.05, 3.63) is 34.9 Å². The number of unbranched alkanes of at least 4 members (excludes halogenated alkanes) is 1. The van der Waals surface area contributed by atoms with Gasteiger partial charge in [-0.05, 0) is 61.6 Å². The number of hydrogen-bond acceptors (Lipinski definition) is 4. The number of rotatable bonds is 7. The lowest BCUT2D eigenvalue weighted by Gasteiger charge is -2.34. The van der Waals surface area contributed by atoms with E-state index < -0.39 is 10.0 Å². The molecule has 5 nitrogen and oxygen atoms in total. The average Bonchev–Trinajstić information content (AvgIpc) is 2.59. The molecule has 0 radical (unpaired) electrons. The molecule has 1 aromatic carbocycles. The van der Waals surface area contributed by atoms with Crippen molar-refractivity contribution in [2.75, 3.05) is 12.8 Å². The van der Waals surface area contributed by atoms with Crippen LogP contribution in [0.1, 0.15) is 63.5 Å². The molecule has 29 heavy (non-hydrogen) atoms. The average molecular weight is 420 g/mol. The van der Waals surface area contributed by atoms with Crippen molar-refractivity contribution in [2.24, 2.45) is 11.8 Å². The Kier molecular flexibility index (Phi) is 8.18. The van der Waals surface area contributed by atoms with Crippen LogP contribution in [0.2, 0.25) is 0 Å². The van der Waals surface area contributed by atoms with E-state index in [1.165, 1.54) is 5.57 Å². The zero-order chi connectivity index (χ0) is 21.6. The molecule has 0 saturated carbocycles. The Morgan fingerprint density at radius 1 is 1.21 bits per heavy atom. The summed E-state index contributed by atoms with van der Waals surface area (Å²) in [4.78, 5) is 0. The molecule has 0 aliphatic heterocycles. The van der Waals surface area contributed by atoms with Gasteiger partial charge in [0, 0.05) is 24.9 Å². The predicted molar refractivity (Wildman–Crippen MR) is 117 cm³/mol. The Morgan fingerprint density at radius 2 is 1.86 bits per heavy atom. The molecule has 1 aliphatic carbocycles. The van der Waals surface area contributed by atoms with Crippen molar-refractivity contribution in [3.63, 3.8) is 0 Å². The molecule has 0 unspecified atom stereocenters. The summed E-state index contributed by atoms with van der Waals surface area (Å²) < 4.78 is 24.4. The van der Waals surface area contributed by atoms with Crippen molar-refractivity contribution in [1.82, 2.24) is 4.72 Å². The van der Waals surface area contributed by atoms with Gasteiger partial charge < -0.3 is 10.2 Å². The number of hydrogen-bond donors (Lipinski definition) is 3. The van der Waals surface area contributed by atoms with Gasteiger partial charge in [0.1, 0.15) is 11.5 Å². The Bertz CT molecular complexity index is 884. The minimum absolute atomic E-state index is 0.113. The lowest BCUT2D eigenvalue weighted by Crippen LogP contribution is -2.22. The molecule has 3 N–H and O–H groups in total. The van der Waals surface area contributed by atoms with Crippen molar-refractivity contribution in [3.8, 4) is 23.3 Å². The molecule has 0 saturated heterocycles. The second-order valence-electron chi connectivity index (χ2n) is 8.35. The van der Waals surface area contributed by atoms with Crippen LogP contribution in [0.25, 0.3) is 0 Å². The number of nitrogens with one attached hydrogen (secondary N) is 1. The summed E-state index contributed by atoms with van der Waals surface area (Å²) in [6, 6.07) is 3.42. The lowest BCUT2D eigenvalue weighted by molar-refractivity contribution is 0.292. The normalized spacial score (nSPS) is 19.6. The van der Waals surface area contributed by atoms with Crippen molar-refractivity contribution in [1.29, 1.82) is 0 Å². The van der Waals surface area contributed by atoms with E-state index in [9.17, 15) is 18.6 Å². The molecular formula is C23H33NO4S. The fraction of sp³-hybridized carbons (Fsp3) is 0.565. The van der Waals surface area contributed by atoms with Gasteiger partial charge in [0.25, 0.3) is 0 Å². The second kappa shape index (κ2) is 10.2. The molecule has 2 rings (SSSR count). The number of allylic oxidation sites excluding steroid dienone is 2. The fourth-order valence-corrected chi connectivity index (χ4v) is 4.50. The second-order valence-corrected chi connectivity index (χ2v) is 10.2. The van der Waals surface area contributed by atoms with Crippen LogP contribution >= 0.6 is 0 Å². The number of sulfonamides is 1. The molecule has 0 fully saturated rings. The van der Waals surface area contributed by atoms with Crippen LogP contribution in [-0.4, -0.2) is 31.4 Å². The Balaban J connectivity index is 2.04. The van der Waals surface area contributed by atoms with Gasteiger partial charge >= 0.3 is 0 Å². The summed E-state index contributed by atoms with van der Waals surface area (Å²) in [7, 11) is -3.15. The van der Waals surface area contributed by atoms with Gasteiger partial charge in [0.2, 0.25) is 10.0 Å². The summed E-state index contributed by atoms with van der Waals surface area (Å²) in [6.45, 7) is 6.86. The number of phenolic OH excluding ortho intramolecular Hbond substituents is 2. The van der Waals surface area contributed by atoms with Gasteiger partial charge in [0.05, 0.1) is 6.26 Å². The van der Waals surface area contributed by atoms with Crippen LogP contribution < -0.4 is 4.72 Å². The third kappa shape index (κ3) is 7.09. The third-order valence-corrected chi connectivity index (χ3v) is 6.21. The molecule has 0 bridgehead atoms. The number of aromatic hydroxyl groups is 2. The smallest absolute Gasteiger partial charge is 0.208 e. The monoisotopic (exact) mass is 419 g/mol. The summed E-state index contributed by atoms with van der Waals surface area (Å²) >= 11 is 0. The minimum atomic E-state index is -3.15.